The van der Waals surface area contributed by atoms with Crippen molar-refractivity contribution in [3.63, 3.8) is 0 Å². The van der Waals surface area contributed by atoms with Crippen LogP contribution in [0.3, 0.4) is 0 Å². The van der Waals surface area contributed by atoms with Crippen LogP contribution in [0.5, 0.6) is 0 Å². The minimum absolute atomic E-state index is 0.122. The lowest BCUT2D eigenvalue weighted by molar-refractivity contribution is 0.402. The van der Waals surface area contributed by atoms with E-state index in [0.717, 1.165) is 40.2 Å². The Hall–Kier alpha value is -2.38. The van der Waals surface area contributed by atoms with Crippen molar-refractivity contribution in [1.82, 2.24) is 20.2 Å². The number of anilines is 2. The summed E-state index contributed by atoms with van der Waals surface area (Å²) >= 11 is 6.31. The van der Waals surface area contributed by atoms with Gasteiger partial charge in [0.05, 0.1) is 5.69 Å². The standard InChI is InChI=1S/C21H28ClN7/c1-12(2)17-18-19(29-28-17)20(24-11-13-7-3-4-8-14(13)22)27-21(26-18)25-16-10-6-5-9-15(16)23/h3-4,7-8,12,15-16H,5-6,9-11,23H2,1-2H3,(H,28,29)(H2,24,25,26,27). The highest BCUT2D eigenvalue weighted by atomic mass is 35.5. The molecule has 1 saturated carbocycles. The molecule has 1 aromatic carbocycles. The molecule has 0 saturated heterocycles. The summed E-state index contributed by atoms with van der Waals surface area (Å²) in [5.41, 5.74) is 9.90. The van der Waals surface area contributed by atoms with Crippen molar-refractivity contribution in [3.8, 4) is 0 Å². The summed E-state index contributed by atoms with van der Waals surface area (Å²) in [5.74, 6) is 1.55. The summed E-state index contributed by atoms with van der Waals surface area (Å²) in [6.45, 7) is 4.80. The van der Waals surface area contributed by atoms with Crippen LogP contribution in [-0.2, 0) is 6.54 Å². The Kier molecular flexibility index (Phi) is 5.87. The Morgan fingerprint density at radius 1 is 1.17 bits per heavy atom. The molecule has 154 valence electrons. The third kappa shape index (κ3) is 4.31. The van der Waals surface area contributed by atoms with Gasteiger partial charge in [0.1, 0.15) is 5.52 Å². The van der Waals surface area contributed by atoms with E-state index in [2.05, 4.69) is 34.7 Å². The predicted octanol–water partition coefficient (Wildman–Crippen LogP) is 4.42. The van der Waals surface area contributed by atoms with Gasteiger partial charge < -0.3 is 16.4 Å². The quantitative estimate of drug-likeness (QED) is 0.476. The smallest absolute Gasteiger partial charge is 0.225 e. The van der Waals surface area contributed by atoms with E-state index in [1.807, 2.05) is 24.3 Å². The first-order chi connectivity index (χ1) is 14.0. The van der Waals surface area contributed by atoms with Crippen LogP contribution in [0, 0.1) is 0 Å². The Balaban J connectivity index is 1.66. The van der Waals surface area contributed by atoms with E-state index in [0.29, 0.717) is 18.3 Å². The van der Waals surface area contributed by atoms with Gasteiger partial charge in [-0.15, -0.1) is 0 Å². The molecule has 0 aliphatic heterocycles. The molecule has 3 aromatic rings. The van der Waals surface area contributed by atoms with Crippen molar-refractivity contribution in [3.05, 3.63) is 40.5 Å². The fraction of sp³-hybridized carbons (Fsp3) is 0.476. The van der Waals surface area contributed by atoms with E-state index >= 15 is 0 Å². The van der Waals surface area contributed by atoms with E-state index in [4.69, 9.17) is 27.3 Å². The molecule has 8 heteroatoms. The molecule has 0 amide bonds. The Morgan fingerprint density at radius 2 is 1.97 bits per heavy atom. The summed E-state index contributed by atoms with van der Waals surface area (Å²) in [5, 5.41) is 15.2. The summed E-state index contributed by atoms with van der Waals surface area (Å²) in [6, 6.07) is 8.09. The minimum atomic E-state index is 0.122. The van der Waals surface area contributed by atoms with Crippen LogP contribution in [0.25, 0.3) is 11.0 Å². The number of aromatic amines is 1. The normalized spacial score (nSPS) is 19.6. The average Bonchev–Trinajstić information content (AvgIpc) is 3.13. The highest BCUT2D eigenvalue weighted by Crippen LogP contribution is 2.28. The van der Waals surface area contributed by atoms with Crippen LogP contribution in [-0.4, -0.2) is 32.2 Å². The Labute approximate surface area is 175 Å². The van der Waals surface area contributed by atoms with E-state index in [-0.39, 0.29) is 18.0 Å². The molecule has 5 N–H and O–H groups in total. The van der Waals surface area contributed by atoms with Gasteiger partial charge >= 0.3 is 0 Å². The van der Waals surface area contributed by atoms with Crippen LogP contribution < -0.4 is 16.4 Å². The van der Waals surface area contributed by atoms with Crippen LogP contribution in [0.4, 0.5) is 11.8 Å². The van der Waals surface area contributed by atoms with Crippen LogP contribution in [0.1, 0.15) is 56.7 Å². The molecule has 1 aliphatic carbocycles. The number of hydrogen-bond donors (Lipinski definition) is 4. The molecule has 0 bridgehead atoms. The number of aromatic nitrogens is 4. The first kappa shape index (κ1) is 19.9. The lowest BCUT2D eigenvalue weighted by atomic mass is 9.91. The molecular formula is C21H28ClN7. The minimum Gasteiger partial charge on any atom is -0.364 e. The van der Waals surface area contributed by atoms with Crippen LogP contribution in [0.2, 0.25) is 5.02 Å². The SMILES string of the molecule is CC(C)c1[nH]nc2c(NCc3ccccc3Cl)nc(NC3CCCCC3N)nc12. The number of halogens is 1. The second-order valence-electron chi connectivity index (χ2n) is 8.03. The molecule has 2 aromatic heterocycles. The van der Waals surface area contributed by atoms with Crippen molar-refractivity contribution < 1.29 is 0 Å². The van der Waals surface area contributed by atoms with Gasteiger partial charge in [-0.05, 0) is 30.4 Å². The number of hydrogen-bond acceptors (Lipinski definition) is 6. The van der Waals surface area contributed by atoms with E-state index in [1.165, 1.54) is 12.8 Å². The number of nitrogens with zero attached hydrogens (tertiary/aromatic N) is 3. The summed E-state index contributed by atoms with van der Waals surface area (Å²) in [6.07, 6.45) is 4.42. The molecule has 2 heterocycles. The summed E-state index contributed by atoms with van der Waals surface area (Å²) in [7, 11) is 0. The highest BCUT2D eigenvalue weighted by molar-refractivity contribution is 6.31. The second kappa shape index (κ2) is 8.55. The van der Waals surface area contributed by atoms with Crippen LogP contribution in [0.15, 0.2) is 24.3 Å². The van der Waals surface area contributed by atoms with Gasteiger partial charge in [0.25, 0.3) is 0 Å². The molecule has 7 nitrogen and oxygen atoms in total. The molecule has 1 fully saturated rings. The van der Waals surface area contributed by atoms with Gasteiger partial charge in [-0.2, -0.15) is 10.1 Å². The Morgan fingerprint density at radius 3 is 2.72 bits per heavy atom. The predicted molar refractivity (Wildman–Crippen MR) is 118 cm³/mol. The molecule has 2 atom stereocenters. The van der Waals surface area contributed by atoms with Crippen molar-refractivity contribution in [2.75, 3.05) is 10.6 Å². The maximum atomic E-state index is 6.32. The third-order valence-electron chi connectivity index (χ3n) is 5.54. The molecule has 1 aliphatic rings. The number of fused-ring (bicyclic) bond motifs is 1. The molecule has 0 spiro atoms. The fourth-order valence-corrected chi connectivity index (χ4v) is 4.04. The Bertz CT molecular complexity index is 984. The average molecular weight is 414 g/mol. The van der Waals surface area contributed by atoms with Crippen molar-refractivity contribution >= 4 is 34.4 Å². The number of H-pyrrole nitrogens is 1. The van der Waals surface area contributed by atoms with Gasteiger partial charge in [-0.25, -0.2) is 4.98 Å². The number of rotatable bonds is 6. The van der Waals surface area contributed by atoms with Gasteiger partial charge in [-0.1, -0.05) is 56.5 Å². The monoisotopic (exact) mass is 413 g/mol. The van der Waals surface area contributed by atoms with Crippen molar-refractivity contribution in [2.45, 2.75) is 64.1 Å². The zero-order valence-electron chi connectivity index (χ0n) is 16.9. The fourth-order valence-electron chi connectivity index (χ4n) is 3.83. The molecular weight excluding hydrogens is 386 g/mol. The van der Waals surface area contributed by atoms with E-state index in [9.17, 15) is 0 Å². The number of nitrogens with two attached hydrogens (primary N) is 1. The maximum absolute atomic E-state index is 6.32. The topological polar surface area (TPSA) is 105 Å². The molecule has 0 radical (unpaired) electrons. The van der Waals surface area contributed by atoms with Gasteiger partial charge in [0.15, 0.2) is 11.3 Å². The van der Waals surface area contributed by atoms with Crippen molar-refractivity contribution in [2.24, 2.45) is 5.73 Å². The maximum Gasteiger partial charge on any atom is 0.225 e. The highest BCUT2D eigenvalue weighted by Gasteiger charge is 2.24. The van der Waals surface area contributed by atoms with Gasteiger partial charge in [0, 0.05) is 23.7 Å². The third-order valence-corrected chi connectivity index (χ3v) is 5.91. The summed E-state index contributed by atoms with van der Waals surface area (Å²) in [4.78, 5) is 9.51. The van der Waals surface area contributed by atoms with Crippen molar-refractivity contribution in [1.29, 1.82) is 0 Å². The molecule has 29 heavy (non-hydrogen) atoms. The number of benzene rings is 1. The molecule has 2 unspecified atom stereocenters. The molecule has 4 rings (SSSR count). The summed E-state index contributed by atoms with van der Waals surface area (Å²) < 4.78 is 0. The first-order valence-electron chi connectivity index (χ1n) is 10.3. The lowest BCUT2D eigenvalue weighted by Gasteiger charge is -2.29. The largest absolute Gasteiger partial charge is 0.364 e. The first-order valence-corrected chi connectivity index (χ1v) is 10.7. The van der Waals surface area contributed by atoms with Gasteiger partial charge in [-0.3, -0.25) is 5.10 Å². The zero-order chi connectivity index (χ0) is 20.4. The van der Waals surface area contributed by atoms with E-state index < -0.39 is 0 Å². The van der Waals surface area contributed by atoms with E-state index in [1.54, 1.807) is 0 Å². The second-order valence-corrected chi connectivity index (χ2v) is 8.44. The van der Waals surface area contributed by atoms with Crippen LogP contribution >= 0.6 is 11.6 Å². The van der Waals surface area contributed by atoms with Gasteiger partial charge in [0.2, 0.25) is 5.95 Å². The lowest BCUT2D eigenvalue weighted by Crippen LogP contribution is -2.43. The zero-order valence-corrected chi connectivity index (χ0v) is 17.6. The number of nitrogens with one attached hydrogen (secondary N) is 3.